The van der Waals surface area contributed by atoms with Crippen molar-refractivity contribution in [1.82, 2.24) is 4.90 Å². The number of nitrogens with two attached hydrogens (primary N) is 1. The number of amides is 1. The largest absolute Gasteiger partial charge is 0.467 e. The molecule has 2 heterocycles. The van der Waals surface area contributed by atoms with E-state index in [0.717, 1.165) is 23.8 Å². The molecule has 2 aliphatic heterocycles. The average Bonchev–Trinajstić information content (AvgIpc) is 2.61. The number of methoxy groups -OCH3 is 1. The molecule has 0 radical (unpaired) electrons. The molecule has 1 saturated heterocycles. The molecule has 0 bridgehead atoms. The first-order valence-corrected chi connectivity index (χ1v) is 9.53. The molecule has 0 spiro atoms. The molecule has 0 aliphatic carbocycles. The molecule has 2 aliphatic rings. The number of hydrogen-bond donors (Lipinski definition) is 1. The van der Waals surface area contributed by atoms with E-state index in [1.54, 1.807) is 0 Å². The van der Waals surface area contributed by atoms with Crippen molar-refractivity contribution in [2.75, 3.05) is 26.1 Å². The number of carbonyl (C=O) groups excluding carboxylic acids is 4. The lowest BCUT2D eigenvalue weighted by Gasteiger charge is -2.53. The molecule has 2 rings (SSSR count). The number of alkyl halides is 3. The van der Waals surface area contributed by atoms with Gasteiger partial charge in [0, 0.05) is 18.2 Å². The van der Waals surface area contributed by atoms with E-state index in [2.05, 4.69) is 4.74 Å². The van der Waals surface area contributed by atoms with Crippen LogP contribution in [0.4, 0.5) is 0 Å². The fourth-order valence-electron chi connectivity index (χ4n) is 2.51. The van der Waals surface area contributed by atoms with Crippen molar-refractivity contribution in [2.24, 2.45) is 5.73 Å². The summed E-state index contributed by atoms with van der Waals surface area (Å²) in [6.07, 6.45) is 0. The average molecular weight is 462 g/mol. The van der Waals surface area contributed by atoms with Gasteiger partial charge in [-0.05, 0) is 0 Å². The van der Waals surface area contributed by atoms with Crippen molar-refractivity contribution in [3.05, 3.63) is 11.3 Å². The Hall–Kier alpha value is -1.20. The van der Waals surface area contributed by atoms with Crippen LogP contribution in [-0.2, 0) is 33.4 Å². The van der Waals surface area contributed by atoms with Crippen LogP contribution in [0.5, 0.6) is 0 Å². The Morgan fingerprint density at radius 2 is 1.96 bits per heavy atom. The van der Waals surface area contributed by atoms with Crippen molar-refractivity contribution in [1.29, 1.82) is 0 Å². The minimum atomic E-state index is -1.94. The van der Waals surface area contributed by atoms with Crippen molar-refractivity contribution >= 4 is 70.4 Å². The Kier molecular flexibility index (Phi) is 6.58. The Bertz CT molecular complexity index is 724. The number of carbonyl (C=O) groups is 4. The van der Waals surface area contributed by atoms with E-state index in [1.807, 2.05) is 0 Å². The van der Waals surface area contributed by atoms with Crippen LogP contribution in [0, 0.1) is 0 Å². The number of rotatable bonds is 5. The molecule has 2 N–H and O–H groups in total. The standard InChI is InChI=1S/C14H15Cl3N2O7S/c1-6(20)25-3-7-4-27-11-14(18,12(23)24-2)10(22)19(11)8(7)9(21)26-5-13(15,16)17/h11H,3-5,18H2,1-2H3/t11-,14+/m1/s1. The minimum absolute atomic E-state index is 0.149. The topological polar surface area (TPSA) is 125 Å². The molecule has 1 fully saturated rings. The first-order chi connectivity index (χ1) is 12.4. The molecule has 2 atom stereocenters. The highest BCUT2D eigenvalue weighted by Crippen LogP contribution is 2.45. The Balaban J connectivity index is 2.34. The van der Waals surface area contributed by atoms with Crippen LogP contribution in [-0.4, -0.2) is 69.5 Å². The lowest BCUT2D eigenvalue weighted by Crippen LogP contribution is -2.81. The number of thioether (sulfide) groups is 1. The normalized spacial score (nSPS) is 24.7. The van der Waals surface area contributed by atoms with Crippen molar-refractivity contribution in [3.63, 3.8) is 0 Å². The number of β-lactam (4-membered cyclic amide) rings is 1. The maximum Gasteiger partial charge on any atom is 0.355 e. The fourth-order valence-corrected chi connectivity index (χ4v) is 4.06. The zero-order chi connectivity index (χ0) is 20.6. The molecular formula is C14H15Cl3N2O7S. The molecule has 9 nitrogen and oxygen atoms in total. The van der Waals surface area contributed by atoms with Gasteiger partial charge in [-0.15, -0.1) is 11.8 Å². The number of nitrogens with zero attached hydrogens (tertiary/aromatic N) is 1. The van der Waals surface area contributed by atoms with Crippen molar-refractivity contribution in [3.8, 4) is 0 Å². The zero-order valence-electron chi connectivity index (χ0n) is 14.1. The summed E-state index contributed by atoms with van der Waals surface area (Å²) in [6.45, 7) is 0.357. The van der Waals surface area contributed by atoms with Crippen molar-refractivity contribution in [2.45, 2.75) is 21.6 Å². The van der Waals surface area contributed by atoms with Crippen LogP contribution in [0.1, 0.15) is 6.92 Å². The quantitative estimate of drug-likeness (QED) is 0.205. The van der Waals surface area contributed by atoms with E-state index in [9.17, 15) is 19.2 Å². The van der Waals surface area contributed by atoms with Gasteiger partial charge < -0.3 is 19.9 Å². The van der Waals surface area contributed by atoms with Crippen LogP contribution in [0.15, 0.2) is 11.3 Å². The summed E-state index contributed by atoms with van der Waals surface area (Å²) in [4.78, 5) is 49.2. The summed E-state index contributed by atoms with van der Waals surface area (Å²) in [5, 5.41) is -0.895. The molecule has 0 saturated carbocycles. The minimum Gasteiger partial charge on any atom is -0.467 e. The molecular weight excluding hydrogens is 447 g/mol. The van der Waals surface area contributed by atoms with Crippen LogP contribution >= 0.6 is 46.6 Å². The monoisotopic (exact) mass is 460 g/mol. The first kappa shape index (κ1) is 22.1. The molecule has 1 amide bonds. The van der Waals surface area contributed by atoms with Gasteiger partial charge in [0.1, 0.15) is 24.3 Å². The molecule has 0 unspecified atom stereocenters. The summed E-state index contributed by atoms with van der Waals surface area (Å²) in [7, 11) is 1.10. The van der Waals surface area contributed by atoms with E-state index in [0.29, 0.717) is 5.57 Å². The third-order valence-corrected chi connectivity index (χ3v) is 5.46. The smallest absolute Gasteiger partial charge is 0.355 e. The van der Waals surface area contributed by atoms with E-state index in [-0.39, 0.29) is 18.1 Å². The van der Waals surface area contributed by atoms with Gasteiger partial charge in [0.2, 0.25) is 9.33 Å². The van der Waals surface area contributed by atoms with Gasteiger partial charge in [0.25, 0.3) is 5.91 Å². The summed E-state index contributed by atoms with van der Waals surface area (Å²) in [5.41, 5.74) is 4.07. The SMILES string of the molecule is COC(=O)[C@]1(N)C(=O)N2C(C(=O)OCC(Cl)(Cl)Cl)=C(COC(C)=O)CS[C@@H]21. The second-order valence-corrected chi connectivity index (χ2v) is 9.21. The third-order valence-electron chi connectivity index (χ3n) is 3.72. The van der Waals surface area contributed by atoms with Crippen LogP contribution < -0.4 is 5.73 Å². The molecule has 150 valence electrons. The van der Waals surface area contributed by atoms with E-state index < -0.39 is 45.1 Å². The summed E-state index contributed by atoms with van der Waals surface area (Å²) < 4.78 is 12.6. The van der Waals surface area contributed by atoms with Gasteiger partial charge in [-0.25, -0.2) is 9.59 Å². The van der Waals surface area contributed by atoms with Crippen molar-refractivity contribution < 1.29 is 33.4 Å². The molecule has 0 aromatic carbocycles. The highest BCUT2D eigenvalue weighted by atomic mass is 35.6. The van der Waals surface area contributed by atoms with Gasteiger partial charge in [-0.3, -0.25) is 14.5 Å². The molecule has 0 aromatic heterocycles. The summed E-state index contributed by atoms with van der Waals surface area (Å²) >= 11 is 17.8. The second-order valence-electron chi connectivity index (χ2n) is 5.62. The predicted molar refractivity (Wildman–Crippen MR) is 96.9 cm³/mol. The van der Waals surface area contributed by atoms with Gasteiger partial charge in [-0.2, -0.15) is 0 Å². The number of fused-ring (bicyclic) bond motifs is 1. The highest BCUT2D eigenvalue weighted by Gasteiger charge is 2.68. The number of esters is 3. The van der Waals surface area contributed by atoms with Gasteiger partial charge in [-0.1, -0.05) is 34.8 Å². The molecule has 0 aromatic rings. The number of hydrogen-bond acceptors (Lipinski definition) is 9. The van der Waals surface area contributed by atoms with Gasteiger partial charge >= 0.3 is 17.9 Å². The Morgan fingerprint density at radius 1 is 1.33 bits per heavy atom. The second kappa shape index (κ2) is 8.04. The van der Waals surface area contributed by atoms with E-state index in [4.69, 9.17) is 50.0 Å². The Morgan fingerprint density at radius 3 is 2.48 bits per heavy atom. The van der Waals surface area contributed by atoms with Crippen LogP contribution in [0.2, 0.25) is 0 Å². The summed E-state index contributed by atoms with van der Waals surface area (Å²) in [5.74, 6) is -3.20. The zero-order valence-corrected chi connectivity index (χ0v) is 17.2. The van der Waals surface area contributed by atoms with Gasteiger partial charge in [0.05, 0.1) is 7.11 Å². The van der Waals surface area contributed by atoms with Gasteiger partial charge in [0.15, 0.2) is 0 Å². The number of ether oxygens (including phenoxy) is 3. The third kappa shape index (κ3) is 4.29. The highest BCUT2D eigenvalue weighted by molar-refractivity contribution is 8.00. The summed E-state index contributed by atoms with van der Waals surface area (Å²) in [6, 6.07) is 0. The lowest BCUT2D eigenvalue weighted by molar-refractivity contribution is -0.170. The molecule has 13 heteroatoms. The predicted octanol–water partition coefficient (Wildman–Crippen LogP) is 0.503. The maximum absolute atomic E-state index is 12.6. The first-order valence-electron chi connectivity index (χ1n) is 7.35. The Labute approximate surface area is 173 Å². The fraction of sp³-hybridized carbons (Fsp3) is 0.571. The van der Waals surface area contributed by atoms with E-state index in [1.165, 1.54) is 6.92 Å². The van der Waals surface area contributed by atoms with Crippen LogP contribution in [0.25, 0.3) is 0 Å². The lowest BCUT2D eigenvalue weighted by atomic mass is 9.87. The number of halogens is 3. The van der Waals surface area contributed by atoms with E-state index >= 15 is 0 Å². The van der Waals surface area contributed by atoms with Crippen LogP contribution in [0.3, 0.4) is 0 Å². The molecule has 27 heavy (non-hydrogen) atoms. The maximum atomic E-state index is 12.6.